The largest absolute Gasteiger partial charge is 0.494 e. The number of carbonyl (C=O) groups is 1. The van der Waals surface area contributed by atoms with Crippen LogP contribution in [0.3, 0.4) is 0 Å². The Morgan fingerprint density at radius 1 is 1.24 bits per heavy atom. The van der Waals surface area contributed by atoms with Crippen LogP contribution in [0.25, 0.3) is 10.9 Å². The van der Waals surface area contributed by atoms with E-state index in [9.17, 15) is 9.90 Å². The number of aromatic nitrogens is 2. The lowest BCUT2D eigenvalue weighted by molar-refractivity contribution is 0.00578. The van der Waals surface area contributed by atoms with E-state index in [1.165, 1.54) is 4.90 Å². The molecule has 2 aromatic rings. The Morgan fingerprint density at radius 3 is 2.66 bits per heavy atom. The molecule has 8 nitrogen and oxygen atoms in total. The zero-order chi connectivity index (χ0) is 20.8. The second-order valence-electron chi connectivity index (χ2n) is 8.73. The summed E-state index contributed by atoms with van der Waals surface area (Å²) in [5.74, 6) is 0.430. The standard InChI is InChI=1S/C20H27BN4O4/c1-19(2)20(3,4)29-21(28-19)14-8-9-15-13(11-14)12-22-17(23-15)24-16-7-5-6-10-25(16)18(26)27/h8-9,11-12,16H,5-7,10H2,1-4H3,(H,26,27)(H,22,23,24). The number of anilines is 1. The van der Waals surface area contributed by atoms with Gasteiger partial charge in [0.05, 0.1) is 16.7 Å². The molecule has 0 aliphatic carbocycles. The Morgan fingerprint density at radius 2 is 1.97 bits per heavy atom. The van der Waals surface area contributed by atoms with E-state index in [0.29, 0.717) is 12.5 Å². The highest BCUT2D eigenvalue weighted by Gasteiger charge is 2.51. The van der Waals surface area contributed by atoms with Gasteiger partial charge in [-0.3, -0.25) is 4.90 Å². The summed E-state index contributed by atoms with van der Waals surface area (Å²) >= 11 is 0. The van der Waals surface area contributed by atoms with E-state index in [4.69, 9.17) is 9.31 Å². The monoisotopic (exact) mass is 398 g/mol. The second kappa shape index (κ2) is 7.14. The quantitative estimate of drug-likeness (QED) is 0.768. The van der Waals surface area contributed by atoms with Crippen LogP contribution >= 0.6 is 0 Å². The summed E-state index contributed by atoms with van der Waals surface area (Å²) in [5, 5.41) is 13.4. The third-order valence-electron chi connectivity index (χ3n) is 6.17. The molecular weight excluding hydrogens is 371 g/mol. The van der Waals surface area contributed by atoms with Crippen molar-refractivity contribution in [3.05, 3.63) is 24.4 Å². The zero-order valence-corrected chi connectivity index (χ0v) is 17.3. The highest BCUT2D eigenvalue weighted by atomic mass is 16.7. The van der Waals surface area contributed by atoms with Crippen molar-refractivity contribution in [3.63, 3.8) is 0 Å². The number of hydrogen-bond donors (Lipinski definition) is 2. The first-order chi connectivity index (χ1) is 13.7. The smallest absolute Gasteiger partial charge is 0.465 e. The number of amides is 1. The molecule has 1 aromatic carbocycles. The van der Waals surface area contributed by atoms with Crippen molar-refractivity contribution in [1.82, 2.24) is 14.9 Å². The van der Waals surface area contributed by atoms with E-state index in [1.807, 2.05) is 45.9 Å². The SMILES string of the molecule is CC1(C)OB(c2ccc3nc(NC4CCCCN4C(=O)O)ncc3c2)OC1(C)C. The molecule has 1 unspecified atom stereocenters. The fourth-order valence-corrected chi connectivity index (χ4v) is 3.71. The van der Waals surface area contributed by atoms with Gasteiger partial charge in [-0.2, -0.15) is 0 Å². The molecule has 0 bridgehead atoms. The van der Waals surface area contributed by atoms with Crippen molar-refractivity contribution < 1.29 is 19.2 Å². The van der Waals surface area contributed by atoms with E-state index in [2.05, 4.69) is 15.3 Å². The molecule has 2 fully saturated rings. The Hall–Kier alpha value is -2.39. The summed E-state index contributed by atoms with van der Waals surface area (Å²) in [6.45, 7) is 8.64. The normalized spacial score (nSPS) is 23.4. The molecule has 29 heavy (non-hydrogen) atoms. The lowest BCUT2D eigenvalue weighted by Gasteiger charge is -2.33. The maximum atomic E-state index is 11.4. The van der Waals surface area contributed by atoms with Crippen molar-refractivity contribution in [2.45, 2.75) is 64.3 Å². The Kier molecular flexibility index (Phi) is 4.90. The van der Waals surface area contributed by atoms with Crippen molar-refractivity contribution in [3.8, 4) is 0 Å². The van der Waals surface area contributed by atoms with Crippen LogP contribution in [0.15, 0.2) is 24.4 Å². The zero-order valence-electron chi connectivity index (χ0n) is 17.3. The predicted octanol–water partition coefficient (Wildman–Crippen LogP) is 2.83. The van der Waals surface area contributed by atoms with Gasteiger partial charge in [0, 0.05) is 18.1 Å². The summed E-state index contributed by atoms with van der Waals surface area (Å²) in [5.41, 5.74) is 0.907. The highest BCUT2D eigenvalue weighted by Crippen LogP contribution is 2.36. The molecule has 1 amide bonds. The fourth-order valence-electron chi connectivity index (χ4n) is 3.71. The predicted molar refractivity (Wildman–Crippen MR) is 111 cm³/mol. The number of piperidine rings is 1. The number of fused-ring (bicyclic) bond motifs is 1. The number of benzene rings is 1. The van der Waals surface area contributed by atoms with Gasteiger partial charge in [-0.1, -0.05) is 12.1 Å². The number of likely N-dealkylation sites (tertiary alicyclic amines) is 1. The summed E-state index contributed by atoms with van der Waals surface area (Å²) < 4.78 is 12.2. The minimum atomic E-state index is -0.921. The maximum Gasteiger partial charge on any atom is 0.494 e. The van der Waals surface area contributed by atoms with Crippen LogP contribution in [0.1, 0.15) is 47.0 Å². The summed E-state index contributed by atoms with van der Waals surface area (Å²) in [6, 6.07) is 5.84. The molecule has 1 atom stereocenters. The first-order valence-electron chi connectivity index (χ1n) is 10.0. The van der Waals surface area contributed by atoms with Gasteiger partial charge in [0.15, 0.2) is 0 Å². The van der Waals surface area contributed by atoms with Gasteiger partial charge in [-0.15, -0.1) is 0 Å². The average Bonchev–Trinajstić information content (AvgIpc) is 2.89. The van der Waals surface area contributed by atoms with Gasteiger partial charge < -0.3 is 19.7 Å². The van der Waals surface area contributed by atoms with Crippen LogP contribution in [-0.4, -0.2) is 57.1 Å². The number of rotatable bonds is 3. The Bertz CT molecular complexity index is 920. The van der Waals surface area contributed by atoms with Gasteiger partial charge in [0.1, 0.15) is 6.17 Å². The summed E-state index contributed by atoms with van der Waals surface area (Å²) in [6.07, 6.45) is 3.12. The van der Waals surface area contributed by atoms with E-state index >= 15 is 0 Å². The van der Waals surface area contributed by atoms with Crippen LogP contribution in [0, 0.1) is 0 Å². The Balaban J connectivity index is 1.54. The highest BCUT2D eigenvalue weighted by molar-refractivity contribution is 6.62. The maximum absolute atomic E-state index is 11.4. The van der Waals surface area contributed by atoms with Gasteiger partial charge in [0.25, 0.3) is 0 Å². The molecule has 9 heteroatoms. The van der Waals surface area contributed by atoms with Crippen LogP contribution in [0.5, 0.6) is 0 Å². The van der Waals surface area contributed by atoms with Crippen LogP contribution in [0.2, 0.25) is 0 Å². The van der Waals surface area contributed by atoms with Crippen LogP contribution < -0.4 is 10.8 Å². The molecule has 154 valence electrons. The molecule has 4 rings (SSSR count). The second-order valence-corrected chi connectivity index (χ2v) is 8.73. The van der Waals surface area contributed by atoms with Crippen molar-refractivity contribution in [1.29, 1.82) is 0 Å². The number of nitrogens with zero attached hydrogens (tertiary/aromatic N) is 3. The third-order valence-corrected chi connectivity index (χ3v) is 6.17. The molecular formula is C20H27BN4O4. The first kappa shape index (κ1) is 19.9. The van der Waals surface area contributed by atoms with Gasteiger partial charge >= 0.3 is 13.2 Å². The van der Waals surface area contributed by atoms with E-state index in [0.717, 1.165) is 35.6 Å². The van der Waals surface area contributed by atoms with Crippen LogP contribution in [-0.2, 0) is 9.31 Å². The summed E-state index contributed by atoms with van der Waals surface area (Å²) in [4.78, 5) is 21.8. The number of carboxylic acid groups (broad SMARTS) is 1. The molecule has 3 heterocycles. The van der Waals surface area contributed by atoms with E-state index in [-0.39, 0.29) is 6.17 Å². The number of nitrogens with one attached hydrogen (secondary N) is 1. The third kappa shape index (κ3) is 3.76. The fraction of sp³-hybridized carbons (Fsp3) is 0.550. The summed E-state index contributed by atoms with van der Waals surface area (Å²) in [7, 11) is -0.437. The lowest BCUT2D eigenvalue weighted by Crippen LogP contribution is -2.47. The Labute approximate surface area is 170 Å². The van der Waals surface area contributed by atoms with Crippen molar-refractivity contribution in [2.24, 2.45) is 0 Å². The lowest BCUT2D eigenvalue weighted by atomic mass is 9.78. The molecule has 0 saturated carbocycles. The molecule has 0 radical (unpaired) electrons. The topological polar surface area (TPSA) is 96.8 Å². The van der Waals surface area contributed by atoms with Crippen molar-refractivity contribution in [2.75, 3.05) is 11.9 Å². The van der Waals surface area contributed by atoms with Crippen LogP contribution in [0.4, 0.5) is 10.7 Å². The van der Waals surface area contributed by atoms with Gasteiger partial charge in [-0.25, -0.2) is 14.8 Å². The molecule has 2 aliphatic heterocycles. The minimum Gasteiger partial charge on any atom is -0.465 e. The van der Waals surface area contributed by atoms with E-state index < -0.39 is 24.4 Å². The molecule has 0 spiro atoms. The molecule has 1 aromatic heterocycles. The number of hydrogen-bond acceptors (Lipinski definition) is 6. The minimum absolute atomic E-state index is 0.303. The van der Waals surface area contributed by atoms with Gasteiger partial charge in [0.2, 0.25) is 5.95 Å². The molecule has 2 saturated heterocycles. The molecule has 2 aliphatic rings. The van der Waals surface area contributed by atoms with Crippen molar-refractivity contribution >= 4 is 35.5 Å². The van der Waals surface area contributed by atoms with E-state index in [1.54, 1.807) is 6.20 Å². The first-order valence-corrected chi connectivity index (χ1v) is 10.0. The van der Waals surface area contributed by atoms with Gasteiger partial charge in [-0.05, 0) is 58.5 Å². The average molecular weight is 398 g/mol. The molecule has 2 N–H and O–H groups in total.